The van der Waals surface area contributed by atoms with Crippen LogP contribution in [0.2, 0.25) is 0 Å². The van der Waals surface area contributed by atoms with Crippen LogP contribution in [0, 0.1) is 52.3 Å². The molecule has 20 nitrogen and oxygen atoms in total. The molecule has 5 aliphatic heterocycles. The minimum Gasteiger partial charge on any atom is -0.394 e. The van der Waals surface area contributed by atoms with E-state index in [0.717, 1.165) is 38.7 Å². The largest absolute Gasteiger partial charge is 0.394 e. The lowest BCUT2D eigenvalue weighted by atomic mass is 9.43. The zero-order valence-electron chi connectivity index (χ0n) is 37.6. The second-order valence-corrected chi connectivity index (χ2v) is 21.8. The molecule has 29 atom stereocenters. The van der Waals surface area contributed by atoms with Crippen LogP contribution < -0.4 is 0 Å². The molecule has 0 aromatic carbocycles. The second-order valence-electron chi connectivity index (χ2n) is 21.8. The van der Waals surface area contributed by atoms with Crippen molar-refractivity contribution in [2.45, 2.75) is 201 Å². The Morgan fingerprint density at radius 3 is 1.83 bits per heavy atom. The van der Waals surface area contributed by atoms with Crippen LogP contribution in [0.1, 0.15) is 79.1 Å². The molecule has 20 heteroatoms. The normalized spacial score (nSPS) is 59.1. The van der Waals surface area contributed by atoms with Crippen LogP contribution in [0.5, 0.6) is 0 Å². The van der Waals surface area contributed by atoms with Crippen LogP contribution in [0.25, 0.3) is 0 Å². The van der Waals surface area contributed by atoms with Crippen LogP contribution >= 0.6 is 0 Å². The van der Waals surface area contributed by atoms with Gasteiger partial charge < -0.3 is 99.2 Å². The molecule has 1 spiro atoms. The van der Waals surface area contributed by atoms with Crippen molar-refractivity contribution < 1.29 is 99.2 Å². The van der Waals surface area contributed by atoms with Crippen molar-refractivity contribution >= 4 is 0 Å². The fourth-order valence-electron chi connectivity index (χ4n) is 14.8. The number of fused-ring (bicyclic) bond motifs is 7. The van der Waals surface area contributed by atoms with Crippen molar-refractivity contribution in [1.82, 2.24) is 0 Å². The minimum absolute atomic E-state index is 0.0374. The number of hydrogen-bond acceptors (Lipinski definition) is 20. The maximum absolute atomic E-state index is 12.0. The maximum atomic E-state index is 12.0. The van der Waals surface area contributed by atoms with Crippen LogP contribution in [-0.4, -0.2) is 210 Å². The van der Waals surface area contributed by atoms with E-state index in [9.17, 15) is 61.3 Å². The highest BCUT2D eigenvalue weighted by molar-refractivity contribution is 5.17. The quantitative estimate of drug-likeness (QED) is 0.104. The highest BCUT2D eigenvalue weighted by atomic mass is 16.8. The lowest BCUT2D eigenvalue weighted by Gasteiger charge is -2.63. The molecule has 9 fully saturated rings. The summed E-state index contributed by atoms with van der Waals surface area (Å²) in [5, 5.41) is 130. The molecule has 0 unspecified atom stereocenters. The van der Waals surface area contributed by atoms with Gasteiger partial charge in [-0.3, -0.25) is 0 Å². The Morgan fingerprint density at radius 1 is 0.554 bits per heavy atom. The summed E-state index contributed by atoms with van der Waals surface area (Å²) < 4.78 is 48.1. The molecule has 0 amide bonds. The van der Waals surface area contributed by atoms with E-state index in [4.69, 9.17) is 37.9 Å². The van der Waals surface area contributed by atoms with Crippen LogP contribution in [0.15, 0.2) is 0 Å². The van der Waals surface area contributed by atoms with Gasteiger partial charge in [0.25, 0.3) is 0 Å². The molecule has 374 valence electrons. The van der Waals surface area contributed by atoms with Crippen molar-refractivity contribution in [3.05, 3.63) is 0 Å². The maximum Gasteiger partial charge on any atom is 0.187 e. The molecule has 4 aliphatic carbocycles. The summed E-state index contributed by atoms with van der Waals surface area (Å²) in [4.78, 5) is 0. The number of aliphatic hydroxyl groups excluding tert-OH is 12. The molecule has 65 heavy (non-hydrogen) atoms. The van der Waals surface area contributed by atoms with Gasteiger partial charge in [0.2, 0.25) is 0 Å². The molecule has 4 saturated carbocycles. The Morgan fingerprint density at radius 2 is 1.17 bits per heavy atom. The van der Waals surface area contributed by atoms with Crippen LogP contribution in [0.3, 0.4) is 0 Å². The molecule has 9 aliphatic rings. The highest BCUT2D eigenvalue weighted by Gasteiger charge is 2.70. The van der Waals surface area contributed by atoms with Gasteiger partial charge in [-0.1, -0.05) is 27.7 Å². The third-order valence-corrected chi connectivity index (χ3v) is 18.3. The van der Waals surface area contributed by atoms with E-state index < -0.39 is 141 Å². The third-order valence-electron chi connectivity index (χ3n) is 18.3. The van der Waals surface area contributed by atoms with Gasteiger partial charge in [0.05, 0.1) is 50.8 Å². The number of hydrogen-bond donors (Lipinski definition) is 12. The first-order chi connectivity index (χ1) is 30.8. The van der Waals surface area contributed by atoms with Gasteiger partial charge in [-0.05, 0) is 91.3 Å². The summed E-state index contributed by atoms with van der Waals surface area (Å²) >= 11 is 0. The predicted molar refractivity (Wildman–Crippen MR) is 218 cm³/mol. The molecule has 9 rings (SSSR count). The van der Waals surface area contributed by atoms with Gasteiger partial charge in [0.1, 0.15) is 73.2 Å². The van der Waals surface area contributed by atoms with Crippen molar-refractivity contribution in [3.8, 4) is 0 Å². The Bertz CT molecular complexity index is 1630. The van der Waals surface area contributed by atoms with Crippen molar-refractivity contribution in [2.24, 2.45) is 52.3 Å². The van der Waals surface area contributed by atoms with Crippen molar-refractivity contribution in [1.29, 1.82) is 0 Å². The summed E-state index contributed by atoms with van der Waals surface area (Å²) in [6, 6.07) is 0. The molecule has 5 heterocycles. The van der Waals surface area contributed by atoms with Crippen LogP contribution in [0.4, 0.5) is 0 Å². The smallest absolute Gasteiger partial charge is 0.187 e. The fourth-order valence-corrected chi connectivity index (χ4v) is 14.8. The van der Waals surface area contributed by atoms with Crippen molar-refractivity contribution in [3.63, 3.8) is 0 Å². The van der Waals surface area contributed by atoms with E-state index in [1.165, 1.54) is 0 Å². The predicted octanol–water partition coefficient (Wildman–Crippen LogP) is -2.79. The lowest BCUT2D eigenvalue weighted by Crippen LogP contribution is -2.67. The Kier molecular flexibility index (Phi) is 13.9. The zero-order chi connectivity index (χ0) is 46.7. The molecule has 0 aromatic heterocycles. The van der Waals surface area contributed by atoms with Crippen LogP contribution in [-0.2, 0) is 37.9 Å². The van der Waals surface area contributed by atoms with E-state index in [2.05, 4.69) is 27.7 Å². The second kappa shape index (κ2) is 18.4. The third kappa shape index (κ3) is 8.08. The summed E-state index contributed by atoms with van der Waals surface area (Å²) in [7, 11) is 0. The average Bonchev–Trinajstić information content (AvgIpc) is 3.73. The SMILES string of the molecule is C[C@@H]1CC[C@@]2(OC1)O[C@H]1C[C@H]3[C@@H]4C[C@@H](O)[C@H]5C[C@@H](O[C@@H]6O[C@H](CO)[C@H](O[C@@H]7O[C@H](CO)[C@@H](O)[C@H](O[C@@H]8O[C@H](CO)[C@@H](O)[C@H](O)[C@H]8O)[C@H]7O)[C@H](O)[C@H]6O)[C@H](O)C[C@]5(C)[C@H]4CC[C@]3(C)[C@H]1[C@@H]2C. The fraction of sp³-hybridized carbons (Fsp3) is 1.00. The van der Waals surface area contributed by atoms with Gasteiger partial charge in [-0.2, -0.15) is 0 Å². The molecular weight excluding hydrogens is 860 g/mol. The van der Waals surface area contributed by atoms with E-state index >= 15 is 0 Å². The first kappa shape index (κ1) is 49.2. The standard InChI is InChI=1S/C45H74O20/c1-17-5-8-45(58-16-17)18(2)30-26(65-45)10-21-19-9-23(49)22-11-25(24(50)12-44(22,4)20(19)6-7-43(21,30)3)59-40-36(56)34(54)38(29(15-48)62-40)63-42-37(57)39(32(52)28(14-47)61-42)64-41-35(55)33(53)31(51)27(13-46)60-41/h17-42,46-57H,5-16H2,1-4H3/t17-,18+,19-,20+,21+,22-,23-,24-,25-,26+,27-,28-,29-,30+,31-,32-,33+,34-,35-,36-,37-,38+,39+,40-,41+,42+,43+,44-,45-/m1/s1. The first-order valence-electron chi connectivity index (χ1n) is 24.0. The van der Waals surface area contributed by atoms with Gasteiger partial charge in [0.15, 0.2) is 24.7 Å². The minimum atomic E-state index is -1.96. The van der Waals surface area contributed by atoms with Gasteiger partial charge in [-0.15, -0.1) is 0 Å². The number of rotatable bonds is 9. The number of aliphatic hydroxyl groups is 12. The van der Waals surface area contributed by atoms with Gasteiger partial charge in [-0.25, -0.2) is 0 Å². The van der Waals surface area contributed by atoms with E-state index in [1.54, 1.807) is 0 Å². The monoisotopic (exact) mass is 934 g/mol. The van der Waals surface area contributed by atoms with E-state index in [0.29, 0.717) is 30.6 Å². The van der Waals surface area contributed by atoms with Gasteiger partial charge >= 0.3 is 0 Å². The summed E-state index contributed by atoms with van der Waals surface area (Å²) in [5.41, 5.74) is -0.379. The zero-order valence-corrected chi connectivity index (χ0v) is 37.6. The summed E-state index contributed by atoms with van der Waals surface area (Å²) in [6.07, 6.45) is -22.1. The molecule has 0 bridgehead atoms. The Hall–Kier alpha value is -0.800. The molecule has 0 aromatic rings. The Labute approximate surface area is 378 Å². The molecule has 5 saturated heterocycles. The average molecular weight is 935 g/mol. The topological polar surface area (TPSA) is 317 Å². The Balaban J connectivity index is 0.844. The van der Waals surface area contributed by atoms with E-state index in [-0.39, 0.29) is 41.6 Å². The summed E-state index contributed by atoms with van der Waals surface area (Å²) in [6.45, 7) is 7.46. The molecule has 12 N–H and O–H groups in total. The summed E-state index contributed by atoms with van der Waals surface area (Å²) in [5.74, 6) is 1.25. The lowest BCUT2D eigenvalue weighted by molar-refractivity contribution is -0.383. The highest BCUT2D eigenvalue weighted by Crippen LogP contribution is 2.71. The molecule has 0 radical (unpaired) electrons. The molecular formula is C45H74O20. The van der Waals surface area contributed by atoms with Gasteiger partial charge in [0, 0.05) is 12.3 Å². The first-order valence-corrected chi connectivity index (χ1v) is 24.0. The number of ether oxygens (including phenoxy) is 8. The van der Waals surface area contributed by atoms with Crippen molar-refractivity contribution in [2.75, 3.05) is 26.4 Å². The van der Waals surface area contributed by atoms with E-state index in [1.807, 2.05) is 0 Å².